The third kappa shape index (κ3) is 0.858. The molecule has 1 heterocycles. The van der Waals surface area contributed by atoms with Crippen LogP contribution in [0.1, 0.15) is 13.3 Å². The Hall–Kier alpha value is -0.0800. The Bertz CT molecular complexity index is 72.6. The quantitative estimate of drug-likeness (QED) is 0.481. The van der Waals surface area contributed by atoms with Gasteiger partial charge < -0.3 is 10.6 Å². The molecule has 0 unspecified atom stereocenters. The van der Waals surface area contributed by atoms with Crippen molar-refractivity contribution in [3.8, 4) is 0 Å². The van der Waals surface area contributed by atoms with Gasteiger partial charge in [-0.05, 0) is 26.9 Å². The van der Waals surface area contributed by atoms with Crippen molar-refractivity contribution in [1.82, 2.24) is 4.90 Å². The SMILES string of the molecule is C[C@@H]1[C@H](N)CCN1C. The van der Waals surface area contributed by atoms with E-state index in [1.807, 2.05) is 0 Å². The van der Waals surface area contributed by atoms with Crippen molar-refractivity contribution in [2.75, 3.05) is 13.6 Å². The molecule has 2 nitrogen and oxygen atoms in total. The van der Waals surface area contributed by atoms with E-state index in [2.05, 4.69) is 18.9 Å². The predicted molar refractivity (Wildman–Crippen MR) is 34.7 cm³/mol. The normalized spacial score (nSPS) is 40.9. The second-order valence-corrected chi connectivity index (χ2v) is 2.67. The van der Waals surface area contributed by atoms with Crippen LogP contribution in [0.2, 0.25) is 0 Å². The van der Waals surface area contributed by atoms with Crippen LogP contribution in [0.5, 0.6) is 0 Å². The van der Waals surface area contributed by atoms with Crippen LogP contribution < -0.4 is 5.73 Å². The van der Waals surface area contributed by atoms with Crippen LogP contribution in [0.15, 0.2) is 0 Å². The summed E-state index contributed by atoms with van der Waals surface area (Å²) in [6.07, 6.45) is 1.16. The summed E-state index contributed by atoms with van der Waals surface area (Å²) in [4.78, 5) is 2.30. The molecule has 1 saturated heterocycles. The topological polar surface area (TPSA) is 29.3 Å². The van der Waals surface area contributed by atoms with Gasteiger partial charge in [-0.2, -0.15) is 0 Å². The number of hydrogen-bond acceptors (Lipinski definition) is 2. The molecule has 0 aliphatic carbocycles. The van der Waals surface area contributed by atoms with E-state index in [0.717, 1.165) is 6.42 Å². The number of hydrogen-bond donors (Lipinski definition) is 1. The fourth-order valence-corrected chi connectivity index (χ4v) is 1.12. The monoisotopic (exact) mass is 114 g/mol. The van der Waals surface area contributed by atoms with Gasteiger partial charge in [-0.25, -0.2) is 0 Å². The molecule has 2 atom stereocenters. The van der Waals surface area contributed by atoms with Gasteiger partial charge in [0.25, 0.3) is 0 Å². The van der Waals surface area contributed by atoms with E-state index in [9.17, 15) is 0 Å². The number of nitrogens with zero attached hydrogens (tertiary/aromatic N) is 1. The summed E-state index contributed by atoms with van der Waals surface area (Å²) in [7, 11) is 2.12. The van der Waals surface area contributed by atoms with Gasteiger partial charge in [0.1, 0.15) is 0 Å². The Morgan fingerprint density at radius 3 is 2.38 bits per heavy atom. The Kier molecular flexibility index (Phi) is 1.54. The van der Waals surface area contributed by atoms with Crippen molar-refractivity contribution in [3.05, 3.63) is 0 Å². The van der Waals surface area contributed by atoms with E-state index in [1.165, 1.54) is 6.54 Å². The van der Waals surface area contributed by atoms with Crippen LogP contribution in [-0.4, -0.2) is 30.6 Å². The lowest BCUT2D eigenvalue weighted by atomic mass is 10.2. The van der Waals surface area contributed by atoms with Crippen molar-refractivity contribution < 1.29 is 0 Å². The fourth-order valence-electron chi connectivity index (χ4n) is 1.12. The first-order valence-corrected chi connectivity index (χ1v) is 3.17. The number of rotatable bonds is 0. The fraction of sp³-hybridized carbons (Fsp3) is 1.00. The predicted octanol–water partition coefficient (Wildman–Crippen LogP) is 0.0377. The molecule has 0 radical (unpaired) electrons. The van der Waals surface area contributed by atoms with Gasteiger partial charge in [0.2, 0.25) is 0 Å². The number of nitrogens with two attached hydrogens (primary N) is 1. The summed E-state index contributed by atoms with van der Waals surface area (Å²) in [5, 5.41) is 0. The second kappa shape index (κ2) is 2.03. The first kappa shape index (κ1) is 6.05. The molecule has 2 N–H and O–H groups in total. The largest absolute Gasteiger partial charge is 0.326 e. The molecular weight excluding hydrogens is 100 g/mol. The van der Waals surface area contributed by atoms with Crippen molar-refractivity contribution in [3.63, 3.8) is 0 Å². The minimum Gasteiger partial charge on any atom is -0.326 e. The molecule has 0 amide bonds. The smallest absolute Gasteiger partial charge is 0.0216 e. The molecular formula is C6H14N2. The van der Waals surface area contributed by atoms with Gasteiger partial charge in [0.15, 0.2) is 0 Å². The average Bonchev–Trinajstić information content (AvgIpc) is 1.98. The summed E-state index contributed by atoms with van der Waals surface area (Å²) in [5.74, 6) is 0. The zero-order chi connectivity index (χ0) is 6.15. The summed E-state index contributed by atoms with van der Waals surface area (Å²) in [6.45, 7) is 3.35. The van der Waals surface area contributed by atoms with E-state index in [4.69, 9.17) is 5.73 Å². The van der Waals surface area contributed by atoms with Gasteiger partial charge in [0.05, 0.1) is 0 Å². The Balaban J connectivity index is 2.44. The van der Waals surface area contributed by atoms with E-state index >= 15 is 0 Å². The molecule has 1 rings (SSSR count). The van der Waals surface area contributed by atoms with Crippen LogP contribution in [0.25, 0.3) is 0 Å². The molecule has 8 heavy (non-hydrogen) atoms. The van der Waals surface area contributed by atoms with Gasteiger partial charge in [-0.3, -0.25) is 0 Å². The van der Waals surface area contributed by atoms with Gasteiger partial charge >= 0.3 is 0 Å². The first-order chi connectivity index (χ1) is 3.72. The van der Waals surface area contributed by atoms with Crippen LogP contribution >= 0.6 is 0 Å². The van der Waals surface area contributed by atoms with Gasteiger partial charge in [-0.1, -0.05) is 0 Å². The van der Waals surface area contributed by atoms with E-state index in [1.54, 1.807) is 0 Å². The minimum absolute atomic E-state index is 0.417. The molecule has 2 heteroatoms. The average molecular weight is 114 g/mol. The molecule has 1 aliphatic rings. The van der Waals surface area contributed by atoms with Crippen molar-refractivity contribution in [2.24, 2.45) is 5.73 Å². The summed E-state index contributed by atoms with van der Waals surface area (Å²) in [5.41, 5.74) is 5.73. The van der Waals surface area contributed by atoms with Gasteiger partial charge in [-0.15, -0.1) is 0 Å². The lowest BCUT2D eigenvalue weighted by molar-refractivity contribution is 0.318. The third-order valence-electron chi connectivity index (χ3n) is 2.13. The molecule has 0 bridgehead atoms. The summed E-state index contributed by atoms with van der Waals surface area (Å²) in [6, 6.07) is 1.01. The molecule has 1 fully saturated rings. The molecule has 0 aromatic rings. The van der Waals surface area contributed by atoms with Crippen molar-refractivity contribution in [2.45, 2.75) is 25.4 Å². The minimum atomic E-state index is 0.417. The Morgan fingerprint density at radius 1 is 1.62 bits per heavy atom. The highest BCUT2D eigenvalue weighted by Gasteiger charge is 2.23. The van der Waals surface area contributed by atoms with Crippen LogP contribution in [0.4, 0.5) is 0 Å². The third-order valence-corrected chi connectivity index (χ3v) is 2.13. The standard InChI is InChI=1S/C6H14N2/c1-5-6(7)3-4-8(5)2/h5-6H,3-4,7H2,1-2H3/t5-,6-/m1/s1. The van der Waals surface area contributed by atoms with Crippen LogP contribution in [0.3, 0.4) is 0 Å². The van der Waals surface area contributed by atoms with E-state index < -0.39 is 0 Å². The zero-order valence-corrected chi connectivity index (χ0v) is 5.59. The second-order valence-electron chi connectivity index (χ2n) is 2.67. The van der Waals surface area contributed by atoms with Crippen molar-refractivity contribution >= 4 is 0 Å². The highest BCUT2D eigenvalue weighted by atomic mass is 15.2. The maximum Gasteiger partial charge on any atom is 0.0216 e. The highest BCUT2D eigenvalue weighted by Crippen LogP contribution is 2.11. The molecule has 0 aromatic heterocycles. The number of likely N-dealkylation sites (tertiary alicyclic amines) is 1. The maximum absolute atomic E-state index is 5.73. The van der Waals surface area contributed by atoms with Gasteiger partial charge in [0, 0.05) is 12.1 Å². The maximum atomic E-state index is 5.73. The van der Waals surface area contributed by atoms with E-state index in [0.29, 0.717) is 12.1 Å². The molecule has 0 saturated carbocycles. The lowest BCUT2D eigenvalue weighted by Crippen LogP contribution is -2.34. The first-order valence-electron chi connectivity index (χ1n) is 3.17. The molecule has 0 spiro atoms. The Morgan fingerprint density at radius 2 is 2.25 bits per heavy atom. The molecule has 0 aromatic carbocycles. The van der Waals surface area contributed by atoms with Crippen LogP contribution in [0, 0.1) is 0 Å². The van der Waals surface area contributed by atoms with Crippen LogP contribution in [-0.2, 0) is 0 Å². The molecule has 1 aliphatic heterocycles. The molecule has 48 valence electrons. The highest BCUT2D eigenvalue weighted by molar-refractivity contribution is 4.83. The zero-order valence-electron chi connectivity index (χ0n) is 5.59. The lowest BCUT2D eigenvalue weighted by Gasteiger charge is -2.16. The van der Waals surface area contributed by atoms with Crippen molar-refractivity contribution in [1.29, 1.82) is 0 Å². The summed E-state index contributed by atoms with van der Waals surface area (Å²) < 4.78 is 0. The van der Waals surface area contributed by atoms with E-state index in [-0.39, 0.29) is 0 Å². The summed E-state index contributed by atoms with van der Waals surface area (Å²) >= 11 is 0. The Labute approximate surface area is 50.7 Å². The number of likely N-dealkylation sites (N-methyl/N-ethyl adjacent to an activating group) is 1.